The Balaban J connectivity index is 1.73. The third-order valence-electron chi connectivity index (χ3n) is 3.70. The van der Waals surface area contributed by atoms with Crippen molar-refractivity contribution in [1.82, 2.24) is 5.32 Å². The van der Waals surface area contributed by atoms with E-state index in [1.165, 1.54) is 0 Å². The lowest BCUT2D eigenvalue weighted by molar-refractivity contribution is -0.121. The number of rotatable bonds is 9. The molecule has 25 heavy (non-hydrogen) atoms. The first-order valence-corrected chi connectivity index (χ1v) is 8.87. The van der Waals surface area contributed by atoms with Crippen molar-refractivity contribution in [2.75, 3.05) is 13.2 Å². The van der Waals surface area contributed by atoms with Crippen LogP contribution in [0, 0.1) is 0 Å². The zero-order valence-electron chi connectivity index (χ0n) is 14.6. The molecule has 2 aromatic rings. The van der Waals surface area contributed by atoms with Crippen LogP contribution in [0.5, 0.6) is 11.5 Å². The largest absolute Gasteiger partial charge is 0.490 e. The Morgan fingerprint density at radius 2 is 1.72 bits per heavy atom. The minimum absolute atomic E-state index is 0.00384. The maximum Gasteiger partial charge on any atom is 0.220 e. The number of hydrogen-bond acceptors (Lipinski definition) is 3. The van der Waals surface area contributed by atoms with Crippen LogP contribution in [0.2, 0.25) is 5.02 Å². The van der Waals surface area contributed by atoms with E-state index < -0.39 is 0 Å². The molecule has 1 atom stereocenters. The molecule has 1 unspecified atom stereocenters. The standard InChI is InChI=1S/C20H24ClNO3/c1-3-24-18-7-4-5-8-19(18)25-14-6-9-20(23)22-15(2)16-10-12-17(21)13-11-16/h4-5,7-8,10-13,15H,3,6,9,14H2,1-2H3,(H,22,23). The summed E-state index contributed by atoms with van der Waals surface area (Å²) in [5.74, 6) is 1.44. The van der Waals surface area contributed by atoms with Gasteiger partial charge in [-0.2, -0.15) is 0 Å². The summed E-state index contributed by atoms with van der Waals surface area (Å²) in [5.41, 5.74) is 1.03. The molecule has 134 valence electrons. The van der Waals surface area contributed by atoms with E-state index in [-0.39, 0.29) is 11.9 Å². The number of carbonyl (C=O) groups is 1. The molecule has 0 aliphatic rings. The first kappa shape index (κ1) is 19.1. The van der Waals surface area contributed by atoms with Crippen LogP contribution in [0.25, 0.3) is 0 Å². The van der Waals surface area contributed by atoms with E-state index in [0.717, 1.165) is 11.3 Å². The molecule has 0 radical (unpaired) electrons. The van der Waals surface area contributed by atoms with E-state index in [4.69, 9.17) is 21.1 Å². The Morgan fingerprint density at radius 3 is 2.36 bits per heavy atom. The molecule has 2 aromatic carbocycles. The van der Waals surface area contributed by atoms with E-state index in [1.807, 2.05) is 62.4 Å². The third-order valence-corrected chi connectivity index (χ3v) is 3.95. The molecular formula is C20H24ClNO3. The fourth-order valence-electron chi connectivity index (χ4n) is 2.41. The monoisotopic (exact) mass is 361 g/mol. The topological polar surface area (TPSA) is 47.6 Å². The number of nitrogens with one attached hydrogen (secondary N) is 1. The summed E-state index contributed by atoms with van der Waals surface area (Å²) in [7, 11) is 0. The van der Waals surface area contributed by atoms with Crippen molar-refractivity contribution in [3.63, 3.8) is 0 Å². The average molecular weight is 362 g/mol. The van der Waals surface area contributed by atoms with Gasteiger partial charge < -0.3 is 14.8 Å². The van der Waals surface area contributed by atoms with Gasteiger partial charge in [0.1, 0.15) is 0 Å². The molecule has 4 nitrogen and oxygen atoms in total. The number of para-hydroxylation sites is 2. The summed E-state index contributed by atoms with van der Waals surface area (Å²) in [6, 6.07) is 15.0. The molecular weight excluding hydrogens is 338 g/mol. The second kappa shape index (κ2) is 9.94. The molecule has 1 N–H and O–H groups in total. The van der Waals surface area contributed by atoms with Gasteiger partial charge >= 0.3 is 0 Å². The highest BCUT2D eigenvalue weighted by Crippen LogP contribution is 2.26. The molecule has 1 amide bonds. The summed E-state index contributed by atoms with van der Waals surface area (Å²) >= 11 is 5.88. The Kier molecular flexibility index (Phi) is 7.61. The zero-order valence-corrected chi connectivity index (χ0v) is 15.4. The smallest absolute Gasteiger partial charge is 0.220 e. The van der Waals surface area contributed by atoms with Gasteiger partial charge in [0.25, 0.3) is 0 Å². The van der Waals surface area contributed by atoms with Gasteiger partial charge in [0, 0.05) is 11.4 Å². The average Bonchev–Trinajstić information content (AvgIpc) is 2.61. The molecule has 0 bridgehead atoms. The van der Waals surface area contributed by atoms with Crippen LogP contribution in [0.15, 0.2) is 48.5 Å². The first-order chi connectivity index (χ1) is 12.1. The van der Waals surface area contributed by atoms with Crippen LogP contribution in [0.4, 0.5) is 0 Å². The Morgan fingerprint density at radius 1 is 1.08 bits per heavy atom. The van der Waals surface area contributed by atoms with E-state index in [9.17, 15) is 4.79 Å². The molecule has 0 aliphatic heterocycles. The van der Waals surface area contributed by atoms with E-state index in [2.05, 4.69) is 5.32 Å². The second-order valence-corrected chi connectivity index (χ2v) is 6.11. The minimum Gasteiger partial charge on any atom is -0.490 e. The normalized spacial score (nSPS) is 11.6. The van der Waals surface area contributed by atoms with Crippen LogP contribution < -0.4 is 14.8 Å². The van der Waals surface area contributed by atoms with Gasteiger partial charge in [0.05, 0.1) is 19.3 Å². The molecule has 0 aromatic heterocycles. The van der Waals surface area contributed by atoms with Gasteiger partial charge in [-0.05, 0) is 50.1 Å². The van der Waals surface area contributed by atoms with E-state index in [0.29, 0.717) is 36.8 Å². The van der Waals surface area contributed by atoms with Crippen molar-refractivity contribution < 1.29 is 14.3 Å². The van der Waals surface area contributed by atoms with Crippen LogP contribution in [0.3, 0.4) is 0 Å². The van der Waals surface area contributed by atoms with Gasteiger partial charge in [-0.25, -0.2) is 0 Å². The molecule has 0 spiro atoms. The predicted octanol–water partition coefficient (Wildman–Crippen LogP) is 4.78. The zero-order chi connectivity index (χ0) is 18.1. The highest BCUT2D eigenvalue weighted by molar-refractivity contribution is 6.30. The number of carbonyl (C=O) groups excluding carboxylic acids is 1. The molecule has 0 aliphatic carbocycles. The number of hydrogen-bond donors (Lipinski definition) is 1. The quantitative estimate of drug-likeness (QED) is 0.654. The minimum atomic E-state index is -0.0515. The van der Waals surface area contributed by atoms with Gasteiger partial charge in [-0.15, -0.1) is 0 Å². The number of halogens is 1. The summed E-state index contributed by atoms with van der Waals surface area (Å²) in [6.07, 6.45) is 1.05. The van der Waals surface area contributed by atoms with Gasteiger partial charge in [0.15, 0.2) is 11.5 Å². The summed E-state index contributed by atoms with van der Waals surface area (Å²) in [6.45, 7) is 4.94. The fraction of sp³-hybridized carbons (Fsp3) is 0.350. The summed E-state index contributed by atoms with van der Waals surface area (Å²) in [5, 5.41) is 3.67. The van der Waals surface area contributed by atoms with Crippen LogP contribution in [-0.4, -0.2) is 19.1 Å². The predicted molar refractivity (Wildman–Crippen MR) is 100 cm³/mol. The highest BCUT2D eigenvalue weighted by atomic mass is 35.5. The first-order valence-electron chi connectivity index (χ1n) is 8.49. The van der Waals surface area contributed by atoms with Gasteiger partial charge in [-0.1, -0.05) is 35.9 Å². The lowest BCUT2D eigenvalue weighted by Crippen LogP contribution is -2.26. The molecule has 0 fully saturated rings. The molecule has 0 heterocycles. The van der Waals surface area contributed by atoms with Crippen molar-refractivity contribution in [3.05, 3.63) is 59.1 Å². The molecule has 0 saturated carbocycles. The molecule has 0 saturated heterocycles. The lowest BCUT2D eigenvalue weighted by atomic mass is 10.1. The number of amides is 1. The Hall–Kier alpha value is -2.20. The Labute approximate surface area is 154 Å². The molecule has 5 heteroatoms. The SMILES string of the molecule is CCOc1ccccc1OCCCC(=O)NC(C)c1ccc(Cl)cc1. The van der Waals surface area contributed by atoms with E-state index >= 15 is 0 Å². The van der Waals surface area contributed by atoms with Gasteiger partial charge in [0.2, 0.25) is 5.91 Å². The van der Waals surface area contributed by atoms with Crippen LogP contribution in [0.1, 0.15) is 38.3 Å². The van der Waals surface area contributed by atoms with Crippen LogP contribution in [-0.2, 0) is 4.79 Å². The van der Waals surface area contributed by atoms with Gasteiger partial charge in [-0.3, -0.25) is 4.79 Å². The van der Waals surface area contributed by atoms with Crippen molar-refractivity contribution in [1.29, 1.82) is 0 Å². The van der Waals surface area contributed by atoms with Crippen molar-refractivity contribution in [2.24, 2.45) is 0 Å². The second-order valence-electron chi connectivity index (χ2n) is 5.67. The maximum atomic E-state index is 12.1. The van der Waals surface area contributed by atoms with Crippen molar-refractivity contribution in [3.8, 4) is 11.5 Å². The van der Waals surface area contributed by atoms with Crippen LogP contribution >= 0.6 is 11.6 Å². The lowest BCUT2D eigenvalue weighted by Gasteiger charge is -2.15. The van der Waals surface area contributed by atoms with Crippen molar-refractivity contribution in [2.45, 2.75) is 32.7 Å². The number of benzene rings is 2. The summed E-state index contributed by atoms with van der Waals surface area (Å²) < 4.78 is 11.2. The third kappa shape index (κ3) is 6.31. The highest BCUT2D eigenvalue weighted by Gasteiger charge is 2.10. The molecule has 2 rings (SSSR count). The summed E-state index contributed by atoms with van der Waals surface area (Å²) in [4.78, 5) is 12.1. The fourth-order valence-corrected chi connectivity index (χ4v) is 2.53. The van der Waals surface area contributed by atoms with Crippen molar-refractivity contribution >= 4 is 17.5 Å². The van der Waals surface area contributed by atoms with E-state index in [1.54, 1.807) is 0 Å². The number of ether oxygens (including phenoxy) is 2. The Bertz CT molecular complexity index is 673. The maximum absolute atomic E-state index is 12.1.